The number of nitrogens with one attached hydrogen (secondary N) is 2. The maximum atomic E-state index is 12.2. The molecule has 4 nitrogen and oxygen atoms in total. The van der Waals surface area contributed by atoms with Crippen LogP contribution in [0.2, 0.25) is 0 Å². The van der Waals surface area contributed by atoms with Crippen molar-refractivity contribution in [2.24, 2.45) is 0 Å². The van der Waals surface area contributed by atoms with E-state index in [4.69, 9.17) is 0 Å². The summed E-state index contributed by atoms with van der Waals surface area (Å²) in [7, 11) is -0.911. The van der Waals surface area contributed by atoms with Gasteiger partial charge in [-0.15, -0.1) is 0 Å². The first-order valence-electron chi connectivity index (χ1n) is 6.39. The fourth-order valence-electron chi connectivity index (χ4n) is 1.89. The molecule has 0 aliphatic rings. The molecule has 0 saturated heterocycles. The van der Waals surface area contributed by atoms with Crippen LogP contribution in [0.15, 0.2) is 18.2 Å². The van der Waals surface area contributed by atoms with Crippen molar-refractivity contribution in [3.63, 3.8) is 0 Å². The molecule has 1 rings (SSSR count). The molecule has 1 aromatic carbocycles. The Bertz CT molecular complexity index is 475. The van der Waals surface area contributed by atoms with Gasteiger partial charge in [0.1, 0.15) is 0 Å². The Morgan fingerprint density at radius 3 is 2.68 bits per heavy atom. The van der Waals surface area contributed by atoms with E-state index in [-0.39, 0.29) is 11.9 Å². The van der Waals surface area contributed by atoms with Crippen molar-refractivity contribution < 1.29 is 9.00 Å². The molecule has 19 heavy (non-hydrogen) atoms. The van der Waals surface area contributed by atoms with Crippen molar-refractivity contribution >= 4 is 22.4 Å². The Labute approximate surface area is 117 Å². The third kappa shape index (κ3) is 5.03. The van der Waals surface area contributed by atoms with Gasteiger partial charge in [-0.3, -0.25) is 9.00 Å². The van der Waals surface area contributed by atoms with Crippen LogP contribution < -0.4 is 10.6 Å². The molecule has 0 fully saturated rings. The van der Waals surface area contributed by atoms with E-state index in [1.165, 1.54) is 0 Å². The molecule has 0 aromatic heterocycles. The highest BCUT2D eigenvalue weighted by molar-refractivity contribution is 7.84. The second kappa shape index (κ2) is 7.28. The zero-order valence-electron chi connectivity index (χ0n) is 11.9. The van der Waals surface area contributed by atoms with Crippen LogP contribution in [0.4, 0.5) is 5.69 Å². The van der Waals surface area contributed by atoms with Crippen molar-refractivity contribution in [2.75, 3.05) is 23.9 Å². The number of amides is 1. The molecular formula is C14H22N2O2S. The van der Waals surface area contributed by atoms with E-state index >= 15 is 0 Å². The zero-order chi connectivity index (χ0) is 14.4. The lowest BCUT2D eigenvalue weighted by molar-refractivity contribution is 0.0944. The SMILES string of the molecule is CCNc1cc(C)ccc1C(=O)NC(C)CS(C)=O. The number of rotatable bonds is 6. The minimum Gasteiger partial charge on any atom is -0.385 e. The fraction of sp³-hybridized carbons (Fsp3) is 0.500. The lowest BCUT2D eigenvalue weighted by atomic mass is 10.1. The third-order valence-electron chi connectivity index (χ3n) is 2.65. The summed E-state index contributed by atoms with van der Waals surface area (Å²) in [4.78, 5) is 12.2. The van der Waals surface area contributed by atoms with Crippen LogP contribution in [0.3, 0.4) is 0 Å². The van der Waals surface area contributed by atoms with E-state index in [9.17, 15) is 9.00 Å². The lowest BCUT2D eigenvalue weighted by Gasteiger charge is -2.15. The van der Waals surface area contributed by atoms with E-state index in [0.717, 1.165) is 17.8 Å². The van der Waals surface area contributed by atoms with Gasteiger partial charge in [0.15, 0.2) is 0 Å². The quantitative estimate of drug-likeness (QED) is 0.838. The summed E-state index contributed by atoms with van der Waals surface area (Å²) in [6, 6.07) is 5.59. The molecule has 0 bridgehead atoms. The second-order valence-electron chi connectivity index (χ2n) is 4.69. The summed E-state index contributed by atoms with van der Waals surface area (Å²) in [6.07, 6.45) is 1.64. The van der Waals surface area contributed by atoms with E-state index in [1.807, 2.05) is 39.0 Å². The lowest BCUT2D eigenvalue weighted by Crippen LogP contribution is -2.36. The first-order chi connectivity index (χ1) is 8.93. The monoisotopic (exact) mass is 282 g/mol. The molecule has 2 N–H and O–H groups in total. The molecule has 1 aromatic rings. The van der Waals surface area contributed by atoms with Crippen LogP contribution >= 0.6 is 0 Å². The highest BCUT2D eigenvalue weighted by atomic mass is 32.2. The van der Waals surface area contributed by atoms with Crippen LogP contribution in [-0.4, -0.2) is 34.7 Å². The second-order valence-corrected chi connectivity index (χ2v) is 6.17. The summed E-state index contributed by atoms with van der Waals surface area (Å²) < 4.78 is 11.1. The summed E-state index contributed by atoms with van der Waals surface area (Å²) in [6.45, 7) is 6.61. The Hall–Kier alpha value is -1.36. The van der Waals surface area contributed by atoms with E-state index in [2.05, 4.69) is 10.6 Å². The number of hydrogen-bond donors (Lipinski definition) is 2. The highest BCUT2D eigenvalue weighted by Crippen LogP contribution is 2.17. The van der Waals surface area contributed by atoms with E-state index in [1.54, 1.807) is 6.26 Å². The largest absolute Gasteiger partial charge is 0.385 e. The van der Waals surface area contributed by atoms with Gasteiger partial charge >= 0.3 is 0 Å². The topological polar surface area (TPSA) is 58.2 Å². The number of carbonyl (C=O) groups excluding carboxylic acids is 1. The predicted molar refractivity (Wildman–Crippen MR) is 81.2 cm³/mol. The average Bonchev–Trinajstić information content (AvgIpc) is 2.27. The first-order valence-corrected chi connectivity index (χ1v) is 8.12. The van der Waals surface area contributed by atoms with Gasteiger partial charge in [-0.05, 0) is 38.5 Å². The van der Waals surface area contributed by atoms with Gasteiger partial charge in [0.05, 0.1) is 5.56 Å². The molecule has 0 heterocycles. The molecule has 2 atom stereocenters. The van der Waals surface area contributed by atoms with Crippen LogP contribution in [0.25, 0.3) is 0 Å². The summed E-state index contributed by atoms with van der Waals surface area (Å²) in [5.74, 6) is 0.336. The summed E-state index contributed by atoms with van der Waals surface area (Å²) >= 11 is 0. The Morgan fingerprint density at radius 1 is 1.42 bits per heavy atom. The Morgan fingerprint density at radius 2 is 2.11 bits per heavy atom. The Balaban J connectivity index is 2.84. The minimum atomic E-state index is -0.911. The van der Waals surface area contributed by atoms with Gasteiger partial charge in [-0.2, -0.15) is 0 Å². The number of benzene rings is 1. The molecule has 5 heteroatoms. The number of hydrogen-bond acceptors (Lipinski definition) is 3. The van der Waals surface area contributed by atoms with Gasteiger partial charge < -0.3 is 10.6 Å². The zero-order valence-corrected chi connectivity index (χ0v) is 12.8. The summed E-state index contributed by atoms with van der Waals surface area (Å²) in [5.41, 5.74) is 2.57. The molecule has 0 radical (unpaired) electrons. The number of carbonyl (C=O) groups is 1. The van der Waals surface area contributed by atoms with Crippen LogP contribution in [0.1, 0.15) is 29.8 Å². The van der Waals surface area contributed by atoms with Crippen molar-refractivity contribution in [3.8, 4) is 0 Å². The van der Waals surface area contributed by atoms with Crippen molar-refractivity contribution in [1.29, 1.82) is 0 Å². The van der Waals surface area contributed by atoms with Crippen LogP contribution in [0.5, 0.6) is 0 Å². The number of anilines is 1. The molecule has 0 spiro atoms. The van der Waals surface area contributed by atoms with Gasteiger partial charge in [0.2, 0.25) is 0 Å². The molecule has 0 aliphatic heterocycles. The van der Waals surface area contributed by atoms with Crippen molar-refractivity contribution in [3.05, 3.63) is 29.3 Å². The number of aryl methyl sites for hydroxylation is 1. The van der Waals surface area contributed by atoms with Crippen molar-refractivity contribution in [2.45, 2.75) is 26.8 Å². The van der Waals surface area contributed by atoms with Gasteiger partial charge in [-0.25, -0.2) is 0 Å². The van der Waals surface area contributed by atoms with Gasteiger partial charge in [0.25, 0.3) is 5.91 Å². The van der Waals surface area contributed by atoms with Crippen LogP contribution in [-0.2, 0) is 10.8 Å². The minimum absolute atomic E-state index is 0.103. The summed E-state index contributed by atoms with van der Waals surface area (Å²) in [5, 5.41) is 6.06. The highest BCUT2D eigenvalue weighted by Gasteiger charge is 2.14. The van der Waals surface area contributed by atoms with Crippen molar-refractivity contribution in [1.82, 2.24) is 5.32 Å². The van der Waals surface area contributed by atoms with Gasteiger partial charge in [0, 0.05) is 41.1 Å². The van der Waals surface area contributed by atoms with E-state index in [0.29, 0.717) is 11.3 Å². The maximum absolute atomic E-state index is 12.2. The van der Waals surface area contributed by atoms with E-state index < -0.39 is 10.8 Å². The maximum Gasteiger partial charge on any atom is 0.253 e. The fourth-order valence-corrected chi connectivity index (χ4v) is 2.68. The molecule has 0 aliphatic carbocycles. The molecule has 106 valence electrons. The average molecular weight is 282 g/mol. The van der Waals surface area contributed by atoms with Crippen LogP contribution in [0, 0.1) is 6.92 Å². The first kappa shape index (κ1) is 15.7. The standard InChI is InChI=1S/C14H22N2O2S/c1-5-15-13-8-10(2)6-7-12(13)14(17)16-11(3)9-19(4)18/h6-8,11,15H,5,9H2,1-4H3,(H,16,17). The molecule has 2 unspecified atom stereocenters. The Kier molecular flexibility index (Phi) is 6.02. The molecule has 1 amide bonds. The van der Waals surface area contributed by atoms with Gasteiger partial charge in [-0.1, -0.05) is 6.07 Å². The molecular weight excluding hydrogens is 260 g/mol. The molecule has 0 saturated carbocycles. The predicted octanol–water partition coefficient (Wildman–Crippen LogP) is 1.92. The third-order valence-corrected chi connectivity index (χ3v) is 3.62. The normalized spacial score (nSPS) is 13.7. The smallest absolute Gasteiger partial charge is 0.253 e.